The van der Waals surface area contributed by atoms with Crippen molar-refractivity contribution in [3.63, 3.8) is 0 Å². The van der Waals surface area contributed by atoms with Gasteiger partial charge < -0.3 is 40.3 Å². The highest BCUT2D eigenvalue weighted by Crippen LogP contribution is 2.33. The number of methoxy groups -OCH3 is 1. The van der Waals surface area contributed by atoms with E-state index in [1.165, 1.54) is 4.90 Å². The number of hydrogen-bond acceptors (Lipinski definition) is 12. The van der Waals surface area contributed by atoms with Gasteiger partial charge in [0.1, 0.15) is 35.3 Å². The van der Waals surface area contributed by atoms with Crippen LogP contribution in [0.25, 0.3) is 21.8 Å². The molecular formula is C47H57N9O7S. The number of carbonyl (C=O) groups is 4. The highest BCUT2D eigenvalue weighted by atomic mass is 32.1. The number of nitrogens with one attached hydrogen (secondary N) is 4. The van der Waals surface area contributed by atoms with Gasteiger partial charge in [-0.1, -0.05) is 51.1 Å². The van der Waals surface area contributed by atoms with Gasteiger partial charge in [-0.05, 0) is 80.5 Å². The van der Waals surface area contributed by atoms with E-state index in [1.54, 1.807) is 61.9 Å². The minimum Gasteiger partial charge on any atom is -0.494 e. The average Bonchev–Trinajstić information content (AvgIpc) is 4.07. The number of amides is 4. The first-order valence-corrected chi connectivity index (χ1v) is 22.4. The third-order valence-electron chi connectivity index (χ3n) is 11.8. The monoisotopic (exact) mass is 891 g/mol. The fourth-order valence-corrected chi connectivity index (χ4v) is 8.96. The van der Waals surface area contributed by atoms with Gasteiger partial charge in [0.15, 0.2) is 0 Å². The lowest BCUT2D eigenvalue weighted by atomic mass is 9.85. The van der Waals surface area contributed by atoms with Crippen LogP contribution in [0.4, 0.5) is 11.4 Å². The van der Waals surface area contributed by atoms with Crippen molar-refractivity contribution in [3.8, 4) is 27.6 Å². The third kappa shape index (κ3) is 10.6. The Morgan fingerprint density at radius 1 is 0.969 bits per heavy atom. The molecule has 338 valence electrons. The molecule has 5 N–H and O–H groups in total. The van der Waals surface area contributed by atoms with Gasteiger partial charge in [-0.3, -0.25) is 24.3 Å². The molecule has 16 nitrogen and oxygen atoms in total. The molecule has 64 heavy (non-hydrogen) atoms. The predicted molar refractivity (Wildman–Crippen MR) is 245 cm³/mol. The van der Waals surface area contributed by atoms with Crippen molar-refractivity contribution in [2.24, 2.45) is 5.41 Å². The molecule has 0 spiro atoms. The number of carbonyl (C=O) groups excluding carboxylic acids is 4. The van der Waals surface area contributed by atoms with Gasteiger partial charge in [0.25, 0.3) is 5.91 Å². The summed E-state index contributed by atoms with van der Waals surface area (Å²) < 4.78 is 11.9. The first kappa shape index (κ1) is 45.8. The van der Waals surface area contributed by atoms with Crippen molar-refractivity contribution in [2.75, 3.05) is 37.0 Å². The number of anilines is 2. The van der Waals surface area contributed by atoms with E-state index >= 15 is 0 Å². The number of nitrogens with zero attached hydrogens (tertiary/aromatic N) is 5. The number of ether oxygens (including phenoxy) is 2. The summed E-state index contributed by atoms with van der Waals surface area (Å²) in [7, 11) is 1.55. The molecule has 0 aliphatic carbocycles. The van der Waals surface area contributed by atoms with Gasteiger partial charge in [-0.25, -0.2) is 9.97 Å². The minimum atomic E-state index is -0.986. The van der Waals surface area contributed by atoms with E-state index in [4.69, 9.17) is 9.47 Å². The first-order valence-electron chi connectivity index (χ1n) is 21.6. The Morgan fingerprint density at radius 2 is 1.72 bits per heavy atom. The Morgan fingerprint density at radius 3 is 2.38 bits per heavy atom. The zero-order chi connectivity index (χ0) is 45.7. The number of aromatic amines is 1. The summed E-state index contributed by atoms with van der Waals surface area (Å²) >= 11 is 1.57. The number of pyridine rings is 1. The highest BCUT2D eigenvalue weighted by molar-refractivity contribution is 7.13. The second kappa shape index (κ2) is 19.7. The van der Waals surface area contributed by atoms with Crippen LogP contribution >= 0.6 is 11.3 Å². The van der Waals surface area contributed by atoms with Crippen LogP contribution in [0.2, 0.25) is 0 Å². The van der Waals surface area contributed by atoms with E-state index in [2.05, 4.69) is 41.0 Å². The summed E-state index contributed by atoms with van der Waals surface area (Å²) in [5.74, 6) is -1.13. The number of thiazole rings is 1. The quantitative estimate of drug-likeness (QED) is 0.0887. The first-order chi connectivity index (χ1) is 30.6. The molecule has 0 unspecified atom stereocenters. The largest absolute Gasteiger partial charge is 0.494 e. The predicted octanol–water partition coefficient (Wildman–Crippen LogP) is 5.91. The molecule has 5 atom stereocenters. The summed E-state index contributed by atoms with van der Waals surface area (Å²) in [6.45, 7) is 12.4. The molecule has 2 aromatic carbocycles. The van der Waals surface area contributed by atoms with Gasteiger partial charge >= 0.3 is 0 Å². The second-order valence-corrected chi connectivity index (χ2v) is 18.3. The lowest BCUT2D eigenvalue weighted by Gasteiger charge is -2.37. The zero-order valence-electron chi connectivity index (χ0n) is 37.3. The fraction of sp³-hybridized carbons (Fsp3) is 0.426. The van der Waals surface area contributed by atoms with Crippen LogP contribution in [-0.2, 0) is 19.1 Å². The van der Waals surface area contributed by atoms with Gasteiger partial charge in [0.2, 0.25) is 17.7 Å². The molecule has 17 heteroatoms. The van der Waals surface area contributed by atoms with Crippen LogP contribution in [0, 0.1) is 12.3 Å². The molecular weight excluding hydrogens is 835 g/mol. The topological polar surface area (TPSA) is 204 Å². The Bertz CT molecular complexity index is 2430. The van der Waals surface area contributed by atoms with Gasteiger partial charge in [-0.2, -0.15) is 5.10 Å². The second-order valence-electron chi connectivity index (χ2n) is 17.5. The van der Waals surface area contributed by atoms with Crippen molar-refractivity contribution in [1.82, 2.24) is 35.7 Å². The normalized spacial score (nSPS) is 18.2. The van der Waals surface area contributed by atoms with E-state index in [-0.39, 0.29) is 42.6 Å². The van der Waals surface area contributed by atoms with Crippen molar-refractivity contribution < 1.29 is 33.8 Å². The molecule has 2 aliphatic heterocycles. The lowest BCUT2D eigenvalue weighted by molar-refractivity contribution is -0.147. The summed E-state index contributed by atoms with van der Waals surface area (Å²) in [5.41, 5.74) is 6.86. The number of H-pyrrole nitrogens is 1. The SMILES string of the molecule is COc1cc(N2CCC(O[C@H](C)C(=O)N[C@H](C(=O)N3C[C@H](O)C[C@H]3C(=O)N[C@@H](C)c3ccc(-c4scnc4C)cc3)C(C)(C)C)CC2)ccc1NC(=O)c1cccc(-c2cc[nH]n2)n1. The van der Waals surface area contributed by atoms with E-state index < -0.39 is 41.5 Å². The molecule has 0 radical (unpaired) electrons. The fourth-order valence-electron chi connectivity index (χ4n) is 8.15. The Labute approximate surface area is 377 Å². The van der Waals surface area contributed by atoms with E-state index in [0.717, 1.165) is 27.4 Å². The van der Waals surface area contributed by atoms with Crippen molar-refractivity contribution >= 4 is 46.3 Å². The van der Waals surface area contributed by atoms with Crippen LogP contribution in [-0.4, -0.2) is 111 Å². The molecule has 5 aromatic rings. The molecule has 0 bridgehead atoms. The molecule has 5 heterocycles. The number of piperidine rings is 1. The highest BCUT2D eigenvalue weighted by Gasteiger charge is 2.45. The van der Waals surface area contributed by atoms with Crippen LogP contribution < -0.4 is 25.6 Å². The molecule has 2 saturated heterocycles. The number of hydrogen-bond donors (Lipinski definition) is 5. The number of β-amino-alcohol motifs (C(OH)–C–C–N with tert-alkyl or cyclic N) is 1. The van der Waals surface area contributed by atoms with Gasteiger partial charge in [-0.15, -0.1) is 11.3 Å². The Balaban J connectivity index is 0.915. The minimum absolute atomic E-state index is 0.0241. The molecule has 4 amide bonds. The van der Waals surface area contributed by atoms with Crippen LogP contribution in [0.15, 0.2) is 78.4 Å². The Hall–Kier alpha value is -6.17. The van der Waals surface area contributed by atoms with Crippen LogP contribution in [0.5, 0.6) is 5.75 Å². The Kier molecular flexibility index (Phi) is 14.1. The smallest absolute Gasteiger partial charge is 0.274 e. The van der Waals surface area contributed by atoms with Crippen molar-refractivity contribution in [1.29, 1.82) is 0 Å². The number of aliphatic hydroxyl groups is 1. The molecule has 2 fully saturated rings. The summed E-state index contributed by atoms with van der Waals surface area (Å²) in [4.78, 5) is 68.4. The number of rotatable bonds is 14. The standard InChI is InChI=1S/C47H57N9O7S/c1-27(30-11-13-31(14-12-30)41-28(2)48-26-64-41)50-45(60)39-24-33(57)25-56(39)46(61)42(47(4,5)6)53-43(58)29(3)63-34-18-21-55(22-19-34)32-15-16-37(40(23-32)62-7)52-44(59)38-10-8-9-35(51-38)36-17-20-49-54-36/h8-17,20,23,26-27,29,33-34,39,42,57H,18-19,21-22,24-25H2,1-7H3,(H,49,54)(H,50,60)(H,52,59)(H,53,58)/t27-,29+,33+,39-,42+/m0/s1. The number of aromatic nitrogens is 4. The zero-order valence-corrected chi connectivity index (χ0v) is 38.1. The van der Waals surface area contributed by atoms with Gasteiger partial charge in [0, 0.05) is 44.0 Å². The maximum absolute atomic E-state index is 14.3. The molecule has 7 rings (SSSR count). The maximum atomic E-state index is 14.3. The van der Waals surface area contributed by atoms with E-state index in [1.807, 2.05) is 76.5 Å². The number of aryl methyl sites for hydroxylation is 1. The summed E-state index contributed by atoms with van der Waals surface area (Å²) in [6, 6.07) is 18.2. The van der Waals surface area contributed by atoms with E-state index in [0.29, 0.717) is 48.8 Å². The van der Waals surface area contributed by atoms with Crippen molar-refractivity contribution in [2.45, 2.75) is 97.2 Å². The number of aliphatic hydroxyl groups excluding tert-OH is 1. The van der Waals surface area contributed by atoms with Crippen LogP contribution in [0.1, 0.15) is 81.7 Å². The third-order valence-corrected chi connectivity index (χ3v) is 12.8. The van der Waals surface area contributed by atoms with E-state index in [9.17, 15) is 24.3 Å². The summed E-state index contributed by atoms with van der Waals surface area (Å²) in [5, 5.41) is 26.5. The van der Waals surface area contributed by atoms with Gasteiger partial charge in [0.05, 0.1) is 52.8 Å². The maximum Gasteiger partial charge on any atom is 0.274 e. The molecule has 3 aromatic heterocycles. The molecule has 0 saturated carbocycles. The van der Waals surface area contributed by atoms with Crippen LogP contribution in [0.3, 0.4) is 0 Å². The number of likely N-dealkylation sites (tertiary alicyclic amines) is 1. The number of benzene rings is 2. The van der Waals surface area contributed by atoms with Crippen molar-refractivity contribution in [3.05, 3.63) is 95.4 Å². The average molecular weight is 892 g/mol. The lowest BCUT2D eigenvalue weighted by Crippen LogP contribution is -2.59. The summed E-state index contributed by atoms with van der Waals surface area (Å²) in [6.07, 6.45) is 1.12. The molecule has 2 aliphatic rings.